The van der Waals surface area contributed by atoms with E-state index in [1.807, 2.05) is 0 Å². The van der Waals surface area contributed by atoms with Gasteiger partial charge in [0.05, 0.1) is 11.7 Å². The summed E-state index contributed by atoms with van der Waals surface area (Å²) in [6.07, 6.45) is 1.64. The van der Waals surface area contributed by atoms with Gasteiger partial charge in [-0.3, -0.25) is 0 Å². The van der Waals surface area contributed by atoms with Crippen molar-refractivity contribution in [3.63, 3.8) is 0 Å². The molecule has 1 aromatic heterocycles. The van der Waals surface area contributed by atoms with Gasteiger partial charge in [0.15, 0.2) is 0 Å². The van der Waals surface area contributed by atoms with Gasteiger partial charge >= 0.3 is 14.2 Å². The number of fused-ring (bicyclic) bond motifs is 1. The van der Waals surface area contributed by atoms with Crippen LogP contribution in [0.1, 0.15) is 12.8 Å². The third-order valence-electron chi connectivity index (χ3n) is 3.70. The second kappa shape index (κ2) is 6.21. The quantitative estimate of drug-likeness (QED) is 0.731. The van der Waals surface area contributed by atoms with Gasteiger partial charge in [-0.1, -0.05) is 0 Å². The summed E-state index contributed by atoms with van der Waals surface area (Å²) < 4.78 is 45.3. The van der Waals surface area contributed by atoms with Crippen LogP contribution in [-0.4, -0.2) is 49.4 Å². The van der Waals surface area contributed by atoms with Crippen LogP contribution in [0.2, 0.25) is 0 Å². The van der Waals surface area contributed by atoms with Crippen molar-refractivity contribution < 1.29 is 23.0 Å². The van der Waals surface area contributed by atoms with Crippen LogP contribution in [0.15, 0.2) is 6.07 Å². The molecule has 4 rings (SSSR count). The molecule has 2 aliphatic heterocycles. The number of rotatable bonds is 2. The van der Waals surface area contributed by atoms with Crippen LogP contribution in [0.4, 0.5) is 4.39 Å². The maximum absolute atomic E-state index is 14.7. The van der Waals surface area contributed by atoms with Gasteiger partial charge in [0.1, 0.15) is 16.9 Å². The van der Waals surface area contributed by atoms with E-state index in [0.717, 1.165) is 24.6 Å². The largest absolute Gasteiger partial charge is 0.499 e. The third kappa shape index (κ3) is 2.55. The molecule has 1 aromatic carbocycles. The molecule has 0 unspecified atom stereocenters. The predicted octanol–water partition coefficient (Wildman–Crippen LogP) is 0.0946. The highest BCUT2D eigenvalue weighted by Gasteiger charge is 2.35. The van der Waals surface area contributed by atoms with Crippen molar-refractivity contribution in [2.75, 3.05) is 26.4 Å². The first-order valence-electron chi connectivity index (χ1n) is 7.25. The molecule has 0 radical (unpaired) electrons. The second-order valence-corrected chi connectivity index (χ2v) is 5.71. The summed E-state index contributed by atoms with van der Waals surface area (Å²) >= 11 is 1.03. The number of nitrogens with zero attached hydrogens (tertiary/aromatic N) is 2. The van der Waals surface area contributed by atoms with Crippen molar-refractivity contribution in [2.45, 2.75) is 12.8 Å². The minimum atomic E-state index is -0.734. The summed E-state index contributed by atoms with van der Waals surface area (Å²) in [5, 5.41) is 0. The Bertz CT molecular complexity index is 676. The second-order valence-electron chi connectivity index (χ2n) is 5.18. The summed E-state index contributed by atoms with van der Waals surface area (Å²) in [7, 11) is -1.33. The molecule has 0 saturated carbocycles. The molecule has 0 atom stereocenters. The molecule has 2 aliphatic rings. The number of hydrogen-bond acceptors (Lipinski definition) is 7. The van der Waals surface area contributed by atoms with Crippen molar-refractivity contribution in [1.29, 1.82) is 0 Å². The highest BCUT2D eigenvalue weighted by molar-refractivity contribution is 7.00. The smallest absolute Gasteiger partial charge is 0.407 e. The maximum Gasteiger partial charge on any atom is 0.499 e. The Morgan fingerprint density at radius 2 is 1.50 bits per heavy atom. The van der Waals surface area contributed by atoms with E-state index in [1.54, 1.807) is 0 Å². The van der Waals surface area contributed by atoms with E-state index in [4.69, 9.17) is 18.6 Å². The first-order valence-corrected chi connectivity index (χ1v) is 7.98. The molecule has 114 valence electrons. The summed E-state index contributed by atoms with van der Waals surface area (Å²) in [6, 6.07) is 1.40. The van der Waals surface area contributed by atoms with Crippen LogP contribution in [-0.2, 0) is 18.6 Å². The summed E-state index contributed by atoms with van der Waals surface area (Å²) in [5.74, 6) is -0.431. The van der Waals surface area contributed by atoms with Crippen LogP contribution in [0, 0.1) is 5.82 Å². The molecule has 0 spiro atoms. The van der Waals surface area contributed by atoms with Crippen LogP contribution < -0.4 is 10.9 Å². The average Bonchev–Trinajstić information content (AvgIpc) is 3.05. The monoisotopic (exact) mass is 322 g/mol. The van der Waals surface area contributed by atoms with Crippen LogP contribution in [0.25, 0.3) is 11.0 Å². The van der Waals surface area contributed by atoms with E-state index < -0.39 is 20.1 Å². The van der Waals surface area contributed by atoms with Crippen molar-refractivity contribution in [3.05, 3.63) is 11.9 Å². The van der Waals surface area contributed by atoms with Gasteiger partial charge in [-0.05, 0) is 18.9 Å². The fourth-order valence-electron chi connectivity index (χ4n) is 2.68. The topological polar surface area (TPSA) is 62.7 Å². The summed E-state index contributed by atoms with van der Waals surface area (Å²) in [5.41, 5.74) is 1.93. The maximum atomic E-state index is 14.7. The molecule has 6 nitrogen and oxygen atoms in total. The standard InChI is InChI=1S/C12H13B2FN2O4S/c15-9-7-8(13-18-3-1-4-19-13)11-12(17-22-16-11)10(9)14-20-5-2-6-21-14/h7H,1-6H2. The van der Waals surface area contributed by atoms with E-state index in [2.05, 4.69) is 8.75 Å². The minimum Gasteiger partial charge on any atom is -0.407 e. The van der Waals surface area contributed by atoms with E-state index in [-0.39, 0.29) is 0 Å². The van der Waals surface area contributed by atoms with Gasteiger partial charge in [0.2, 0.25) is 0 Å². The van der Waals surface area contributed by atoms with Crippen LogP contribution in [0.5, 0.6) is 0 Å². The molecule has 0 aliphatic carbocycles. The normalized spacial score (nSPS) is 19.9. The van der Waals surface area contributed by atoms with Gasteiger partial charge in [0, 0.05) is 37.4 Å². The van der Waals surface area contributed by atoms with Crippen molar-refractivity contribution >= 4 is 47.9 Å². The Labute approximate surface area is 131 Å². The Kier molecular flexibility index (Phi) is 4.10. The molecule has 0 amide bonds. The lowest BCUT2D eigenvalue weighted by atomic mass is 9.71. The highest BCUT2D eigenvalue weighted by atomic mass is 32.1. The fourth-order valence-corrected chi connectivity index (χ4v) is 3.26. The lowest BCUT2D eigenvalue weighted by molar-refractivity contribution is 0.142. The zero-order valence-corrected chi connectivity index (χ0v) is 12.6. The van der Waals surface area contributed by atoms with Crippen molar-refractivity contribution in [2.24, 2.45) is 0 Å². The molecule has 3 heterocycles. The van der Waals surface area contributed by atoms with Gasteiger partial charge in [-0.25, -0.2) is 4.39 Å². The van der Waals surface area contributed by atoms with Gasteiger partial charge in [0.25, 0.3) is 0 Å². The first kappa shape index (κ1) is 14.5. The summed E-state index contributed by atoms with van der Waals surface area (Å²) in [6.45, 7) is 2.25. The Balaban J connectivity index is 1.79. The van der Waals surface area contributed by atoms with E-state index in [9.17, 15) is 4.39 Å². The molecular weight excluding hydrogens is 309 g/mol. The van der Waals surface area contributed by atoms with E-state index in [1.165, 1.54) is 6.07 Å². The zero-order chi connectivity index (χ0) is 14.9. The van der Waals surface area contributed by atoms with Crippen LogP contribution in [0.3, 0.4) is 0 Å². The Morgan fingerprint density at radius 1 is 0.909 bits per heavy atom. The molecule has 2 saturated heterocycles. The van der Waals surface area contributed by atoms with Gasteiger partial charge in [-0.2, -0.15) is 8.75 Å². The Hall–Kier alpha value is -1.06. The number of hydrogen-bond donors (Lipinski definition) is 0. The SMILES string of the molecule is Fc1cc(B2OCCCO2)c2nsnc2c1B1OCCCO1. The van der Waals surface area contributed by atoms with Gasteiger partial charge in [-0.15, -0.1) is 0 Å². The predicted molar refractivity (Wildman–Crippen MR) is 81.2 cm³/mol. The van der Waals surface area contributed by atoms with Crippen LogP contribution >= 0.6 is 11.7 Å². The summed E-state index contributed by atoms with van der Waals surface area (Å²) in [4.78, 5) is 0. The molecule has 22 heavy (non-hydrogen) atoms. The highest BCUT2D eigenvalue weighted by Crippen LogP contribution is 2.16. The first-order chi connectivity index (χ1) is 10.8. The number of halogens is 1. The third-order valence-corrected chi connectivity index (χ3v) is 4.23. The fraction of sp³-hybridized carbons (Fsp3) is 0.500. The van der Waals surface area contributed by atoms with Gasteiger partial charge < -0.3 is 18.6 Å². The van der Waals surface area contributed by atoms with Crippen molar-refractivity contribution in [1.82, 2.24) is 8.75 Å². The van der Waals surface area contributed by atoms with E-state index in [0.29, 0.717) is 48.4 Å². The lowest BCUT2D eigenvalue weighted by Crippen LogP contribution is -2.46. The molecule has 2 fully saturated rings. The zero-order valence-electron chi connectivity index (χ0n) is 11.8. The molecule has 2 aromatic rings. The molecule has 0 bridgehead atoms. The molecule has 10 heteroatoms. The number of benzene rings is 1. The average molecular weight is 322 g/mol. The number of aromatic nitrogens is 2. The minimum absolute atomic E-state index is 0.308. The lowest BCUT2D eigenvalue weighted by Gasteiger charge is -2.22. The molecule has 0 N–H and O–H groups in total. The van der Waals surface area contributed by atoms with E-state index >= 15 is 0 Å². The molecular formula is C12H13B2FN2O4S. The Morgan fingerprint density at radius 3 is 2.18 bits per heavy atom. The van der Waals surface area contributed by atoms with Crippen molar-refractivity contribution in [3.8, 4) is 0 Å².